The number of benzene rings is 3. The monoisotopic (exact) mass is 528 g/mol. The number of aromatic amines is 1. The Kier molecular flexibility index (Phi) is 6.82. The van der Waals surface area contributed by atoms with Gasteiger partial charge in [-0.25, -0.2) is 4.98 Å². The van der Waals surface area contributed by atoms with E-state index in [1.807, 2.05) is 73.3 Å². The molecule has 3 aromatic carbocycles. The zero-order valence-corrected chi connectivity index (χ0v) is 22.9. The van der Waals surface area contributed by atoms with Gasteiger partial charge in [-0.05, 0) is 43.7 Å². The van der Waals surface area contributed by atoms with E-state index in [-0.39, 0.29) is 5.78 Å². The van der Waals surface area contributed by atoms with Crippen LogP contribution in [0.4, 0.5) is 5.69 Å². The maximum atomic E-state index is 14.1. The predicted molar refractivity (Wildman–Crippen MR) is 151 cm³/mol. The molecule has 0 bridgehead atoms. The number of anilines is 1. The minimum absolute atomic E-state index is 0.0749. The minimum Gasteiger partial charge on any atom is -0.497 e. The van der Waals surface area contributed by atoms with Gasteiger partial charge < -0.3 is 34.1 Å². The van der Waals surface area contributed by atoms with Gasteiger partial charge in [-0.2, -0.15) is 0 Å². The molecule has 202 valence electrons. The summed E-state index contributed by atoms with van der Waals surface area (Å²) in [5.41, 5.74) is 2.81. The highest BCUT2D eigenvalue weighted by molar-refractivity contribution is 6.29. The van der Waals surface area contributed by atoms with Crippen molar-refractivity contribution in [3.63, 3.8) is 0 Å². The smallest absolute Gasteiger partial charge is 0.195 e. The first-order valence-electron chi connectivity index (χ1n) is 12.5. The van der Waals surface area contributed by atoms with E-state index in [9.17, 15) is 4.79 Å². The van der Waals surface area contributed by atoms with Gasteiger partial charge in [0.1, 0.15) is 45.8 Å². The molecule has 9 heteroatoms. The Morgan fingerprint density at radius 2 is 1.41 bits per heavy atom. The lowest BCUT2D eigenvalue weighted by Crippen LogP contribution is -2.46. The highest BCUT2D eigenvalue weighted by Gasteiger charge is 2.48. The Bertz CT molecular complexity index is 1500. The Labute approximate surface area is 227 Å². The second kappa shape index (κ2) is 10.2. The van der Waals surface area contributed by atoms with Crippen LogP contribution in [0.1, 0.15) is 25.2 Å². The number of carbonyl (C=O) groups is 1. The highest BCUT2D eigenvalue weighted by Crippen LogP contribution is 2.43. The van der Waals surface area contributed by atoms with Crippen LogP contribution in [-0.4, -0.2) is 49.7 Å². The minimum atomic E-state index is -0.944. The van der Waals surface area contributed by atoms with Crippen LogP contribution in [0.3, 0.4) is 0 Å². The molecule has 39 heavy (non-hydrogen) atoms. The van der Waals surface area contributed by atoms with Crippen LogP contribution in [-0.2, 0) is 11.3 Å². The van der Waals surface area contributed by atoms with Crippen molar-refractivity contribution >= 4 is 28.1 Å². The second-order valence-electron chi connectivity index (χ2n) is 9.70. The number of carbonyl (C=O) groups excluding carboxylic acids is 1. The summed E-state index contributed by atoms with van der Waals surface area (Å²) in [7, 11) is 6.43. The van der Waals surface area contributed by atoms with Crippen LogP contribution < -0.4 is 29.2 Å². The first-order chi connectivity index (χ1) is 18.8. The summed E-state index contributed by atoms with van der Waals surface area (Å²) in [4.78, 5) is 24.2. The summed E-state index contributed by atoms with van der Waals surface area (Å²) in [6, 6.07) is 19.0. The molecule has 1 aliphatic heterocycles. The number of H-pyrrole nitrogens is 1. The van der Waals surface area contributed by atoms with Gasteiger partial charge in [0, 0.05) is 30.8 Å². The number of rotatable bonds is 9. The molecule has 0 saturated carbocycles. The van der Waals surface area contributed by atoms with Gasteiger partial charge in [-0.1, -0.05) is 12.1 Å². The predicted octanol–water partition coefficient (Wildman–Crippen LogP) is 4.92. The third kappa shape index (κ3) is 4.71. The second-order valence-corrected chi connectivity index (χ2v) is 9.70. The van der Waals surface area contributed by atoms with Crippen molar-refractivity contribution in [1.29, 1.82) is 0 Å². The Hall–Kier alpha value is -4.66. The molecule has 1 aromatic heterocycles. The number of aromatic nitrogens is 2. The van der Waals surface area contributed by atoms with E-state index in [1.54, 1.807) is 34.5 Å². The summed E-state index contributed by atoms with van der Waals surface area (Å²) < 4.78 is 22.0. The summed E-state index contributed by atoms with van der Waals surface area (Å²) in [5, 5.41) is 3.53. The van der Waals surface area contributed by atoms with Crippen molar-refractivity contribution in [3.8, 4) is 23.0 Å². The number of ketones is 1. The lowest BCUT2D eigenvalue weighted by atomic mass is 9.95. The van der Waals surface area contributed by atoms with Gasteiger partial charge in [0.15, 0.2) is 5.78 Å². The number of nitrogens with one attached hydrogen (secondary N) is 2. The molecule has 5 rings (SSSR count). The largest absolute Gasteiger partial charge is 0.497 e. The van der Waals surface area contributed by atoms with Crippen LogP contribution in [0.5, 0.6) is 23.0 Å². The molecule has 0 unspecified atom stereocenters. The summed E-state index contributed by atoms with van der Waals surface area (Å²) in [5.74, 6) is 3.61. The van der Waals surface area contributed by atoms with Crippen LogP contribution >= 0.6 is 0 Å². The Morgan fingerprint density at radius 1 is 0.846 bits per heavy atom. The molecule has 0 saturated heterocycles. The number of imidazole rings is 1. The maximum Gasteiger partial charge on any atom is 0.195 e. The zero-order valence-electron chi connectivity index (χ0n) is 22.9. The molecule has 1 aliphatic rings. The summed E-state index contributed by atoms with van der Waals surface area (Å²) in [6.07, 6.45) is 0. The van der Waals surface area contributed by atoms with E-state index >= 15 is 0 Å². The number of para-hydroxylation sites is 2. The van der Waals surface area contributed by atoms with E-state index in [4.69, 9.17) is 23.9 Å². The molecule has 2 N–H and O–H groups in total. The molecule has 2 heterocycles. The van der Waals surface area contributed by atoms with E-state index in [1.165, 1.54) is 0 Å². The average Bonchev–Trinajstić information content (AvgIpc) is 3.46. The third-order valence-electron chi connectivity index (χ3n) is 6.89. The van der Waals surface area contributed by atoms with Gasteiger partial charge >= 0.3 is 0 Å². The maximum absolute atomic E-state index is 14.1. The third-order valence-corrected chi connectivity index (χ3v) is 6.89. The fourth-order valence-electron chi connectivity index (χ4n) is 4.89. The number of fused-ring (bicyclic) bond motifs is 1. The average molecular weight is 529 g/mol. The first kappa shape index (κ1) is 26.0. The van der Waals surface area contributed by atoms with Gasteiger partial charge in [0.05, 0.1) is 45.2 Å². The Balaban J connectivity index is 1.67. The Morgan fingerprint density at radius 3 is 1.97 bits per heavy atom. The molecular formula is C30H32N4O5. The standard InChI is InChI=1S/C30H32N4O5/c1-30(2)27(35)26(28-32-24-9-7-8-10-25(24)33-28)29(31-17-18-11-20(36-3)15-21(12-18)37-4)34(30)19-13-22(38-5)16-23(14-19)39-6/h7-16,31H,17H2,1-6H3,(H,32,33). The molecular weight excluding hydrogens is 496 g/mol. The van der Waals surface area contributed by atoms with Crippen molar-refractivity contribution in [2.24, 2.45) is 0 Å². The van der Waals surface area contributed by atoms with Crippen molar-refractivity contribution in [2.45, 2.75) is 25.9 Å². The van der Waals surface area contributed by atoms with Crippen LogP contribution in [0.15, 0.2) is 66.5 Å². The molecule has 4 aromatic rings. The van der Waals surface area contributed by atoms with E-state index < -0.39 is 5.54 Å². The fourth-order valence-corrected chi connectivity index (χ4v) is 4.89. The molecule has 0 atom stereocenters. The van der Waals surface area contributed by atoms with Gasteiger partial charge in [0.2, 0.25) is 0 Å². The van der Waals surface area contributed by atoms with E-state index in [0.717, 1.165) is 22.3 Å². The number of Topliss-reactive ketones (excluding diaryl/α,β-unsaturated/α-hetero) is 1. The number of methoxy groups -OCH3 is 4. The van der Waals surface area contributed by atoms with Crippen LogP contribution in [0.2, 0.25) is 0 Å². The van der Waals surface area contributed by atoms with Gasteiger partial charge in [0.25, 0.3) is 0 Å². The molecule has 0 spiro atoms. The molecule has 0 radical (unpaired) electrons. The normalized spacial score (nSPS) is 14.6. The summed E-state index contributed by atoms with van der Waals surface area (Å²) in [6.45, 7) is 4.19. The lowest BCUT2D eigenvalue weighted by Gasteiger charge is -2.35. The first-order valence-corrected chi connectivity index (χ1v) is 12.5. The number of hydrogen-bond acceptors (Lipinski definition) is 8. The van der Waals surface area contributed by atoms with Crippen molar-refractivity contribution in [3.05, 3.63) is 77.9 Å². The zero-order chi connectivity index (χ0) is 27.7. The lowest BCUT2D eigenvalue weighted by molar-refractivity contribution is -0.116. The molecule has 9 nitrogen and oxygen atoms in total. The van der Waals surface area contributed by atoms with Crippen molar-refractivity contribution in [1.82, 2.24) is 15.3 Å². The van der Waals surface area contributed by atoms with E-state index in [2.05, 4.69) is 10.3 Å². The molecule has 0 amide bonds. The number of nitrogens with zero attached hydrogens (tertiary/aromatic N) is 2. The SMILES string of the molecule is COc1cc(CNC2=C(c3nc4ccccc4[nH]3)C(=O)C(C)(C)N2c2cc(OC)cc(OC)c2)cc(OC)c1. The van der Waals surface area contributed by atoms with E-state index in [0.29, 0.717) is 46.8 Å². The fraction of sp³-hybridized carbons (Fsp3) is 0.267. The molecule has 0 aliphatic carbocycles. The van der Waals surface area contributed by atoms with Crippen LogP contribution in [0, 0.1) is 0 Å². The van der Waals surface area contributed by atoms with Crippen molar-refractivity contribution in [2.75, 3.05) is 33.3 Å². The number of ether oxygens (including phenoxy) is 4. The van der Waals surface area contributed by atoms with Crippen molar-refractivity contribution < 1.29 is 23.7 Å². The van der Waals surface area contributed by atoms with Gasteiger partial charge in [-0.3, -0.25) is 4.79 Å². The van der Waals surface area contributed by atoms with Gasteiger partial charge in [-0.15, -0.1) is 0 Å². The molecule has 0 fully saturated rings. The van der Waals surface area contributed by atoms with Crippen LogP contribution in [0.25, 0.3) is 16.6 Å². The quantitative estimate of drug-likeness (QED) is 0.316. The number of hydrogen-bond donors (Lipinski definition) is 2. The highest BCUT2D eigenvalue weighted by atomic mass is 16.5. The topological polar surface area (TPSA) is 97.9 Å². The summed E-state index contributed by atoms with van der Waals surface area (Å²) >= 11 is 0.